The van der Waals surface area contributed by atoms with Crippen LogP contribution in [0.4, 0.5) is 13.6 Å². The summed E-state index contributed by atoms with van der Waals surface area (Å²) in [6.07, 6.45) is -0.739. The first kappa shape index (κ1) is 9.54. The van der Waals surface area contributed by atoms with Gasteiger partial charge in [0, 0.05) is 0 Å². The molecular weight excluding hydrogens is 160 g/mol. The zero-order valence-corrected chi connectivity index (χ0v) is 5.34. The Morgan fingerprint density at radius 2 is 2.09 bits per heavy atom. The third kappa shape index (κ3) is 5.01. The molecule has 6 heteroatoms. The number of hydrogen-bond acceptors (Lipinski definition) is 3. The number of halogens is 2. The SMILES string of the molecule is C=CC(=O)NC(=O)OC(F)F. The Kier molecular flexibility index (Phi) is 3.79. The largest absolute Gasteiger partial charge is 0.418 e. The normalized spacial score (nSPS) is 9.00. The van der Waals surface area contributed by atoms with E-state index in [0.29, 0.717) is 0 Å². The molecule has 0 aromatic heterocycles. The molecule has 0 saturated heterocycles. The molecule has 11 heavy (non-hydrogen) atoms. The van der Waals surface area contributed by atoms with E-state index in [1.54, 1.807) is 0 Å². The summed E-state index contributed by atoms with van der Waals surface area (Å²) in [4.78, 5) is 20.4. The van der Waals surface area contributed by atoms with Gasteiger partial charge in [-0.3, -0.25) is 10.1 Å². The molecule has 0 atom stereocenters. The number of amides is 2. The minimum atomic E-state index is -3.23. The molecule has 4 nitrogen and oxygen atoms in total. The lowest BCUT2D eigenvalue weighted by Crippen LogP contribution is -2.30. The summed E-state index contributed by atoms with van der Waals surface area (Å²) < 4.78 is 25.7. The van der Waals surface area contributed by atoms with Gasteiger partial charge in [-0.1, -0.05) is 6.58 Å². The third-order valence-electron chi connectivity index (χ3n) is 0.607. The molecule has 0 heterocycles. The predicted octanol–water partition coefficient (Wildman–Crippen LogP) is 0.648. The summed E-state index contributed by atoms with van der Waals surface area (Å²) in [5.41, 5.74) is 0. The first-order valence-corrected chi connectivity index (χ1v) is 2.48. The Hall–Kier alpha value is -1.46. The Morgan fingerprint density at radius 3 is 2.45 bits per heavy atom. The van der Waals surface area contributed by atoms with Crippen LogP contribution in [0.15, 0.2) is 12.7 Å². The van der Waals surface area contributed by atoms with Crippen LogP contribution < -0.4 is 5.32 Å². The summed E-state index contributed by atoms with van der Waals surface area (Å²) in [5, 5.41) is 1.46. The summed E-state index contributed by atoms with van der Waals surface area (Å²) in [7, 11) is 0. The lowest BCUT2D eigenvalue weighted by atomic mass is 10.6. The Labute approximate surface area is 60.8 Å². The first-order chi connectivity index (χ1) is 5.06. The minimum Gasteiger partial charge on any atom is -0.386 e. The number of carbonyl (C=O) groups is 2. The van der Waals surface area contributed by atoms with Crippen LogP contribution in [0, 0.1) is 0 Å². The Bertz CT molecular complexity index is 181. The van der Waals surface area contributed by atoms with Crippen LogP contribution in [-0.2, 0) is 9.53 Å². The van der Waals surface area contributed by atoms with E-state index < -0.39 is 18.6 Å². The van der Waals surface area contributed by atoms with Crippen LogP contribution in [0.1, 0.15) is 0 Å². The fourth-order valence-electron chi connectivity index (χ4n) is 0.262. The van der Waals surface area contributed by atoms with Crippen molar-refractivity contribution in [1.29, 1.82) is 0 Å². The highest BCUT2D eigenvalue weighted by atomic mass is 19.3. The van der Waals surface area contributed by atoms with Gasteiger partial charge in [-0.2, -0.15) is 8.78 Å². The van der Waals surface area contributed by atoms with Crippen molar-refractivity contribution >= 4 is 12.0 Å². The Morgan fingerprint density at radius 1 is 1.55 bits per heavy atom. The summed E-state index contributed by atoms with van der Waals surface area (Å²) in [5.74, 6) is -0.893. The predicted molar refractivity (Wildman–Crippen MR) is 30.8 cm³/mol. The maximum atomic E-state index is 11.2. The van der Waals surface area contributed by atoms with Gasteiger partial charge in [0.25, 0.3) is 5.91 Å². The first-order valence-electron chi connectivity index (χ1n) is 2.48. The van der Waals surface area contributed by atoms with Crippen molar-refractivity contribution in [1.82, 2.24) is 5.32 Å². The van der Waals surface area contributed by atoms with Gasteiger partial charge >= 0.3 is 12.7 Å². The second-order valence-electron chi connectivity index (χ2n) is 1.36. The van der Waals surface area contributed by atoms with E-state index >= 15 is 0 Å². The zero-order valence-electron chi connectivity index (χ0n) is 5.34. The van der Waals surface area contributed by atoms with Gasteiger partial charge in [0.05, 0.1) is 0 Å². The van der Waals surface area contributed by atoms with Crippen molar-refractivity contribution in [3.05, 3.63) is 12.7 Å². The van der Waals surface area contributed by atoms with Gasteiger partial charge in [0.2, 0.25) is 0 Å². The van der Waals surface area contributed by atoms with Crippen LogP contribution in [0.3, 0.4) is 0 Å². The number of ether oxygens (including phenoxy) is 1. The van der Waals surface area contributed by atoms with Gasteiger partial charge in [-0.15, -0.1) is 0 Å². The molecule has 0 aliphatic carbocycles. The molecule has 0 rings (SSSR count). The van der Waals surface area contributed by atoms with Crippen molar-refractivity contribution in [3.63, 3.8) is 0 Å². The van der Waals surface area contributed by atoms with Gasteiger partial charge in [-0.05, 0) is 6.08 Å². The monoisotopic (exact) mass is 165 g/mol. The van der Waals surface area contributed by atoms with Crippen molar-refractivity contribution in [2.75, 3.05) is 0 Å². The molecule has 0 aromatic rings. The molecule has 0 aliphatic heterocycles. The fraction of sp³-hybridized carbons (Fsp3) is 0.200. The smallest absolute Gasteiger partial charge is 0.386 e. The van der Waals surface area contributed by atoms with Crippen molar-refractivity contribution in [3.8, 4) is 0 Å². The highest BCUT2D eigenvalue weighted by Crippen LogP contribution is 1.93. The summed E-state index contributed by atoms with van der Waals surface area (Å²) in [6.45, 7) is -0.244. The molecule has 0 spiro atoms. The average Bonchev–Trinajstić information content (AvgIpc) is 1.85. The molecule has 0 aliphatic rings. The second-order valence-corrected chi connectivity index (χ2v) is 1.36. The van der Waals surface area contributed by atoms with E-state index in [-0.39, 0.29) is 0 Å². The van der Waals surface area contributed by atoms with Crippen LogP contribution in [0.2, 0.25) is 0 Å². The van der Waals surface area contributed by atoms with E-state index in [0.717, 1.165) is 6.08 Å². The standard InChI is InChI=1S/C5H5F2NO3/c1-2-3(9)8-5(10)11-4(6)7/h2,4H,1H2,(H,8,9,10). The maximum absolute atomic E-state index is 11.2. The van der Waals surface area contributed by atoms with Crippen LogP contribution in [0.25, 0.3) is 0 Å². The number of nitrogens with one attached hydrogen (secondary N) is 1. The quantitative estimate of drug-likeness (QED) is 0.611. The van der Waals surface area contributed by atoms with Gasteiger partial charge < -0.3 is 4.74 Å². The lowest BCUT2D eigenvalue weighted by Gasteiger charge is -2.00. The lowest BCUT2D eigenvalue weighted by molar-refractivity contribution is -0.117. The number of hydrogen-bond donors (Lipinski definition) is 1. The number of alkyl carbamates (subject to hydrolysis) is 1. The van der Waals surface area contributed by atoms with Crippen molar-refractivity contribution in [2.24, 2.45) is 0 Å². The van der Waals surface area contributed by atoms with Crippen molar-refractivity contribution < 1.29 is 23.1 Å². The van der Waals surface area contributed by atoms with E-state index in [9.17, 15) is 18.4 Å². The number of carbonyl (C=O) groups excluding carboxylic acids is 2. The van der Waals surface area contributed by atoms with E-state index in [4.69, 9.17) is 0 Å². The molecule has 0 radical (unpaired) electrons. The molecule has 0 bridgehead atoms. The van der Waals surface area contributed by atoms with Gasteiger partial charge in [0.15, 0.2) is 0 Å². The van der Waals surface area contributed by atoms with Crippen LogP contribution in [-0.4, -0.2) is 18.6 Å². The van der Waals surface area contributed by atoms with Gasteiger partial charge in [-0.25, -0.2) is 4.79 Å². The van der Waals surface area contributed by atoms with E-state index in [2.05, 4.69) is 11.3 Å². The maximum Gasteiger partial charge on any atom is 0.418 e. The van der Waals surface area contributed by atoms with Crippen molar-refractivity contribution in [2.45, 2.75) is 6.61 Å². The highest BCUT2D eigenvalue weighted by molar-refractivity contribution is 5.98. The number of rotatable bonds is 2. The molecule has 1 N–H and O–H groups in total. The molecule has 0 saturated carbocycles. The molecular formula is C5H5F2NO3. The molecule has 2 amide bonds. The molecule has 0 unspecified atom stereocenters. The summed E-state index contributed by atoms with van der Waals surface area (Å²) >= 11 is 0. The van der Waals surface area contributed by atoms with E-state index in [1.807, 2.05) is 0 Å². The average molecular weight is 165 g/mol. The molecule has 0 aromatic carbocycles. The molecule has 62 valence electrons. The number of imide groups is 1. The topological polar surface area (TPSA) is 55.4 Å². The highest BCUT2D eigenvalue weighted by Gasteiger charge is 2.11. The van der Waals surface area contributed by atoms with E-state index in [1.165, 1.54) is 5.32 Å². The fourth-order valence-corrected chi connectivity index (χ4v) is 0.262. The second kappa shape index (κ2) is 4.37. The van der Waals surface area contributed by atoms with Crippen LogP contribution in [0.5, 0.6) is 0 Å². The van der Waals surface area contributed by atoms with Crippen LogP contribution >= 0.6 is 0 Å². The minimum absolute atomic E-state index is 0.757. The number of alkyl halides is 2. The molecule has 0 fully saturated rings. The summed E-state index contributed by atoms with van der Waals surface area (Å²) in [6, 6.07) is 0. The third-order valence-corrected chi connectivity index (χ3v) is 0.607. The Balaban J connectivity index is 3.69. The van der Waals surface area contributed by atoms with Gasteiger partial charge in [0.1, 0.15) is 0 Å². The zero-order chi connectivity index (χ0) is 8.85.